The number of aromatic nitrogens is 1. The highest BCUT2D eigenvalue weighted by Gasteiger charge is 2.03. The van der Waals surface area contributed by atoms with Crippen molar-refractivity contribution >= 4 is 17.3 Å². The van der Waals surface area contributed by atoms with Crippen LogP contribution in [0, 0.1) is 20.8 Å². The number of aryl methyl sites for hydroxylation is 3. The van der Waals surface area contributed by atoms with E-state index in [0.29, 0.717) is 5.02 Å². The molecule has 3 heteroatoms. The van der Waals surface area contributed by atoms with Crippen LogP contribution in [-0.2, 0) is 6.54 Å². The van der Waals surface area contributed by atoms with Gasteiger partial charge < -0.3 is 5.32 Å². The maximum Gasteiger partial charge on any atom is 0.0718 e. The highest BCUT2D eigenvalue weighted by molar-refractivity contribution is 6.33. The topological polar surface area (TPSA) is 24.9 Å². The molecule has 0 aliphatic rings. The Bertz CT molecular complexity index is 564. The summed E-state index contributed by atoms with van der Waals surface area (Å²) in [5, 5.41) is 4.02. The van der Waals surface area contributed by atoms with Gasteiger partial charge in [0, 0.05) is 12.7 Å². The molecular formula is C15H17ClN2. The van der Waals surface area contributed by atoms with E-state index in [-0.39, 0.29) is 0 Å². The molecule has 1 aromatic heterocycles. The number of hydrogen-bond donors (Lipinski definition) is 1. The number of pyridine rings is 1. The Labute approximate surface area is 113 Å². The summed E-state index contributed by atoms with van der Waals surface area (Å²) < 4.78 is 0. The van der Waals surface area contributed by atoms with Crippen LogP contribution in [-0.4, -0.2) is 4.98 Å². The van der Waals surface area contributed by atoms with Gasteiger partial charge in [-0.25, -0.2) is 0 Å². The molecule has 0 bridgehead atoms. The molecule has 2 nitrogen and oxygen atoms in total. The first-order valence-electron chi connectivity index (χ1n) is 5.98. The van der Waals surface area contributed by atoms with Crippen LogP contribution in [0.2, 0.25) is 5.02 Å². The predicted octanol–water partition coefficient (Wildman–Crippen LogP) is 4.27. The third-order valence-electron chi connectivity index (χ3n) is 3.19. The lowest BCUT2D eigenvalue weighted by Gasteiger charge is -2.12. The van der Waals surface area contributed by atoms with E-state index in [0.717, 1.165) is 12.2 Å². The molecule has 1 aromatic carbocycles. The lowest BCUT2D eigenvalue weighted by Crippen LogP contribution is -2.03. The molecular weight excluding hydrogens is 244 g/mol. The zero-order valence-corrected chi connectivity index (χ0v) is 11.7. The Hall–Kier alpha value is -1.54. The van der Waals surface area contributed by atoms with Gasteiger partial charge in [0.25, 0.3) is 0 Å². The quantitative estimate of drug-likeness (QED) is 0.891. The Morgan fingerprint density at radius 2 is 1.83 bits per heavy atom. The molecule has 0 atom stereocenters. The molecule has 2 rings (SSSR count). The highest BCUT2D eigenvalue weighted by Crippen LogP contribution is 2.21. The maximum absolute atomic E-state index is 6.08. The van der Waals surface area contributed by atoms with Gasteiger partial charge in [0.2, 0.25) is 0 Å². The molecule has 0 aliphatic heterocycles. The molecule has 0 unspecified atom stereocenters. The van der Waals surface area contributed by atoms with Gasteiger partial charge in [-0.15, -0.1) is 0 Å². The van der Waals surface area contributed by atoms with Crippen molar-refractivity contribution in [3.05, 3.63) is 57.9 Å². The first kappa shape index (κ1) is 12.9. The van der Waals surface area contributed by atoms with Crippen molar-refractivity contribution in [2.45, 2.75) is 27.3 Å². The first-order chi connectivity index (χ1) is 8.58. The second kappa shape index (κ2) is 5.40. The van der Waals surface area contributed by atoms with Crippen LogP contribution in [0.5, 0.6) is 0 Å². The first-order valence-corrected chi connectivity index (χ1v) is 6.36. The van der Waals surface area contributed by atoms with E-state index >= 15 is 0 Å². The lowest BCUT2D eigenvalue weighted by atomic mass is 10.0. The summed E-state index contributed by atoms with van der Waals surface area (Å²) in [6.07, 6.45) is 3.44. The average molecular weight is 261 g/mol. The van der Waals surface area contributed by atoms with Crippen LogP contribution >= 0.6 is 11.6 Å². The fourth-order valence-electron chi connectivity index (χ4n) is 1.91. The third kappa shape index (κ3) is 2.82. The molecule has 18 heavy (non-hydrogen) atoms. The van der Waals surface area contributed by atoms with Gasteiger partial charge in [0.1, 0.15) is 0 Å². The van der Waals surface area contributed by atoms with Gasteiger partial charge in [-0.2, -0.15) is 0 Å². The van der Waals surface area contributed by atoms with Crippen molar-refractivity contribution in [3.8, 4) is 0 Å². The summed E-state index contributed by atoms with van der Waals surface area (Å²) in [6.45, 7) is 7.17. The number of anilines is 1. The minimum Gasteiger partial charge on any atom is -0.379 e. The Balaban J connectivity index is 2.16. The number of halogens is 1. The number of rotatable bonds is 3. The van der Waals surface area contributed by atoms with Crippen LogP contribution in [0.1, 0.15) is 22.3 Å². The second-order valence-corrected chi connectivity index (χ2v) is 4.98. The maximum atomic E-state index is 6.08. The highest BCUT2D eigenvalue weighted by atomic mass is 35.5. The number of nitrogens with zero attached hydrogens (tertiary/aromatic N) is 1. The average Bonchev–Trinajstić information content (AvgIpc) is 2.34. The SMILES string of the molecule is Cc1cc(C)c(CNc2cnccc2Cl)cc1C. The Morgan fingerprint density at radius 1 is 1.11 bits per heavy atom. The van der Waals surface area contributed by atoms with E-state index in [1.807, 2.05) is 0 Å². The zero-order chi connectivity index (χ0) is 13.1. The summed E-state index contributed by atoms with van der Waals surface area (Å²) in [5.41, 5.74) is 6.10. The molecule has 0 aliphatic carbocycles. The zero-order valence-electron chi connectivity index (χ0n) is 10.9. The van der Waals surface area contributed by atoms with Crippen LogP contribution in [0.25, 0.3) is 0 Å². The largest absolute Gasteiger partial charge is 0.379 e. The molecule has 0 saturated carbocycles. The van der Waals surface area contributed by atoms with Crippen molar-refractivity contribution in [3.63, 3.8) is 0 Å². The fourth-order valence-corrected chi connectivity index (χ4v) is 2.08. The minimum atomic E-state index is 0.700. The van der Waals surface area contributed by atoms with Gasteiger partial charge >= 0.3 is 0 Å². The van der Waals surface area contributed by atoms with Crippen LogP contribution < -0.4 is 5.32 Å². The Morgan fingerprint density at radius 3 is 2.56 bits per heavy atom. The molecule has 0 saturated heterocycles. The van der Waals surface area contributed by atoms with Crippen LogP contribution in [0.15, 0.2) is 30.6 Å². The van der Waals surface area contributed by atoms with E-state index in [1.54, 1.807) is 18.5 Å². The lowest BCUT2D eigenvalue weighted by molar-refractivity contribution is 1.09. The monoisotopic (exact) mass is 260 g/mol. The van der Waals surface area contributed by atoms with Gasteiger partial charge in [0.05, 0.1) is 16.9 Å². The summed E-state index contributed by atoms with van der Waals surface area (Å²) in [4.78, 5) is 4.06. The minimum absolute atomic E-state index is 0.700. The fraction of sp³-hybridized carbons (Fsp3) is 0.267. The Kier molecular flexibility index (Phi) is 3.87. The molecule has 0 amide bonds. The summed E-state index contributed by atoms with van der Waals surface area (Å²) in [6, 6.07) is 6.23. The summed E-state index contributed by atoms with van der Waals surface area (Å²) >= 11 is 6.08. The van der Waals surface area contributed by atoms with Gasteiger partial charge in [0.15, 0.2) is 0 Å². The summed E-state index contributed by atoms with van der Waals surface area (Å²) in [7, 11) is 0. The number of hydrogen-bond acceptors (Lipinski definition) is 2. The van der Waals surface area contributed by atoms with Crippen LogP contribution in [0.4, 0.5) is 5.69 Å². The standard InChI is InChI=1S/C15H17ClN2/c1-10-6-12(3)13(7-11(10)2)8-18-15-9-17-5-4-14(15)16/h4-7,9,18H,8H2,1-3H3. The van der Waals surface area contributed by atoms with E-state index < -0.39 is 0 Å². The molecule has 1 N–H and O–H groups in total. The molecule has 0 spiro atoms. The molecule has 1 heterocycles. The van der Waals surface area contributed by atoms with Gasteiger partial charge in [-0.05, 0) is 49.1 Å². The molecule has 94 valence electrons. The molecule has 0 fully saturated rings. The second-order valence-electron chi connectivity index (χ2n) is 4.57. The van der Waals surface area contributed by atoms with Crippen molar-refractivity contribution in [2.24, 2.45) is 0 Å². The van der Waals surface area contributed by atoms with Crippen molar-refractivity contribution in [1.82, 2.24) is 4.98 Å². The van der Waals surface area contributed by atoms with E-state index in [9.17, 15) is 0 Å². The van der Waals surface area contributed by atoms with Gasteiger partial charge in [-0.1, -0.05) is 23.7 Å². The van der Waals surface area contributed by atoms with Crippen LogP contribution in [0.3, 0.4) is 0 Å². The third-order valence-corrected chi connectivity index (χ3v) is 3.52. The predicted molar refractivity (Wildman–Crippen MR) is 77.2 cm³/mol. The van der Waals surface area contributed by atoms with Crippen molar-refractivity contribution in [2.75, 3.05) is 5.32 Å². The van der Waals surface area contributed by atoms with E-state index in [1.165, 1.54) is 22.3 Å². The number of benzene rings is 1. The normalized spacial score (nSPS) is 10.4. The molecule has 0 radical (unpaired) electrons. The smallest absolute Gasteiger partial charge is 0.0718 e. The van der Waals surface area contributed by atoms with E-state index in [4.69, 9.17) is 11.6 Å². The van der Waals surface area contributed by atoms with Crippen molar-refractivity contribution < 1.29 is 0 Å². The van der Waals surface area contributed by atoms with Gasteiger partial charge in [-0.3, -0.25) is 4.98 Å². The van der Waals surface area contributed by atoms with Crippen molar-refractivity contribution in [1.29, 1.82) is 0 Å². The summed E-state index contributed by atoms with van der Waals surface area (Å²) in [5.74, 6) is 0. The van der Waals surface area contributed by atoms with E-state index in [2.05, 4.69) is 43.2 Å². The molecule has 2 aromatic rings. The number of nitrogens with one attached hydrogen (secondary N) is 1.